The smallest absolute Gasteiger partial charge is 0.198 e. The van der Waals surface area contributed by atoms with Gasteiger partial charge in [-0.25, -0.2) is 9.97 Å². The van der Waals surface area contributed by atoms with Crippen molar-refractivity contribution in [3.05, 3.63) is 24.3 Å². The van der Waals surface area contributed by atoms with Gasteiger partial charge in [0.25, 0.3) is 0 Å². The third kappa shape index (κ3) is 2.89. The van der Waals surface area contributed by atoms with Crippen LogP contribution in [0.4, 0.5) is 0 Å². The summed E-state index contributed by atoms with van der Waals surface area (Å²) in [6.07, 6.45) is 7.25. The summed E-state index contributed by atoms with van der Waals surface area (Å²) >= 11 is 0. The number of hydrogen-bond donors (Lipinski definition) is 0. The van der Waals surface area contributed by atoms with Gasteiger partial charge >= 0.3 is 0 Å². The Morgan fingerprint density at radius 1 is 1.36 bits per heavy atom. The Bertz CT molecular complexity index is 211. The third-order valence-electron chi connectivity index (χ3n) is 1.30. The van der Waals surface area contributed by atoms with E-state index in [0.717, 1.165) is 18.7 Å². The van der Waals surface area contributed by atoms with E-state index < -0.39 is 0 Å². The molecule has 0 amide bonds. The van der Waals surface area contributed by atoms with E-state index in [4.69, 9.17) is 0 Å². The number of nitrogens with zero attached hydrogens (tertiary/aromatic N) is 2. The van der Waals surface area contributed by atoms with Crippen molar-refractivity contribution in [2.45, 2.75) is 19.3 Å². The summed E-state index contributed by atoms with van der Waals surface area (Å²) in [7, 11) is 0. The number of carbonyl (C=O) groups excluding carboxylic acids is 1. The highest BCUT2D eigenvalue weighted by Gasteiger charge is 1.92. The number of aromatic nitrogens is 2. The van der Waals surface area contributed by atoms with Gasteiger partial charge in [-0.05, 0) is 12.5 Å². The number of rotatable bonds is 4. The van der Waals surface area contributed by atoms with E-state index in [9.17, 15) is 4.79 Å². The van der Waals surface area contributed by atoms with Crippen LogP contribution in [0.1, 0.15) is 18.7 Å². The lowest BCUT2D eigenvalue weighted by Gasteiger charge is -1.93. The van der Waals surface area contributed by atoms with Gasteiger partial charge in [0.05, 0.1) is 0 Å². The first-order chi connectivity index (χ1) is 5.43. The first-order valence-corrected chi connectivity index (χ1v) is 3.54. The van der Waals surface area contributed by atoms with Crippen LogP contribution in [0, 0.1) is 0 Å². The molecular weight excluding hydrogens is 140 g/mol. The normalized spacial score (nSPS) is 9.45. The topological polar surface area (TPSA) is 42.9 Å². The van der Waals surface area contributed by atoms with Crippen molar-refractivity contribution in [1.29, 1.82) is 0 Å². The molecule has 0 spiro atoms. The molecule has 1 aromatic heterocycles. The second-order valence-electron chi connectivity index (χ2n) is 2.16. The zero-order valence-electron chi connectivity index (χ0n) is 6.16. The Morgan fingerprint density at radius 3 is 2.73 bits per heavy atom. The van der Waals surface area contributed by atoms with Crippen molar-refractivity contribution < 1.29 is 4.79 Å². The van der Waals surface area contributed by atoms with Crippen LogP contribution in [0.3, 0.4) is 0 Å². The van der Waals surface area contributed by atoms with Crippen molar-refractivity contribution in [3.63, 3.8) is 0 Å². The number of aryl methyl sites for hydroxylation is 1. The van der Waals surface area contributed by atoms with Crippen molar-refractivity contribution in [3.8, 4) is 0 Å². The monoisotopic (exact) mass is 149 g/mol. The molecule has 0 aromatic carbocycles. The van der Waals surface area contributed by atoms with E-state index in [0.29, 0.717) is 6.42 Å². The molecule has 0 unspecified atom stereocenters. The highest BCUT2D eigenvalue weighted by atomic mass is 16.1. The third-order valence-corrected chi connectivity index (χ3v) is 1.30. The standard InChI is InChI=1S/C8H9N2O/c11-7-2-1-4-8-9-5-3-6-10-8/h3,5-6H,1-2,4H2. The Kier molecular flexibility index (Phi) is 3.25. The first kappa shape index (κ1) is 7.85. The number of hydrogen-bond acceptors (Lipinski definition) is 3. The molecule has 0 saturated heterocycles. The van der Waals surface area contributed by atoms with Gasteiger partial charge in [-0.3, -0.25) is 4.79 Å². The predicted octanol–water partition coefficient (Wildman–Crippen LogP) is 0.909. The van der Waals surface area contributed by atoms with E-state index >= 15 is 0 Å². The minimum absolute atomic E-state index is 0.470. The van der Waals surface area contributed by atoms with Gasteiger partial charge in [0.2, 0.25) is 0 Å². The summed E-state index contributed by atoms with van der Waals surface area (Å²) in [5, 5.41) is 0. The second-order valence-corrected chi connectivity index (χ2v) is 2.16. The van der Waals surface area contributed by atoms with Crippen LogP contribution >= 0.6 is 0 Å². The number of unbranched alkanes of at least 4 members (excludes halogenated alkanes) is 1. The predicted molar refractivity (Wildman–Crippen MR) is 40.7 cm³/mol. The summed E-state index contributed by atoms with van der Waals surface area (Å²) in [5.74, 6) is 0.794. The molecule has 57 valence electrons. The van der Waals surface area contributed by atoms with Gasteiger partial charge < -0.3 is 0 Å². The lowest BCUT2D eigenvalue weighted by Crippen LogP contribution is -1.92. The summed E-state index contributed by atoms with van der Waals surface area (Å²) in [6.45, 7) is 0. The Labute approximate surface area is 65.5 Å². The molecule has 3 nitrogen and oxygen atoms in total. The highest BCUT2D eigenvalue weighted by Crippen LogP contribution is 1.95. The molecule has 1 heterocycles. The van der Waals surface area contributed by atoms with E-state index in [1.807, 2.05) is 6.29 Å². The molecule has 0 aliphatic rings. The minimum atomic E-state index is 0.470. The van der Waals surface area contributed by atoms with Crippen molar-refractivity contribution >= 4 is 6.29 Å². The minimum Gasteiger partial charge on any atom is -0.291 e. The van der Waals surface area contributed by atoms with Gasteiger partial charge in [0, 0.05) is 25.2 Å². The fourth-order valence-electron chi connectivity index (χ4n) is 0.778. The van der Waals surface area contributed by atoms with Crippen LogP contribution in [0.2, 0.25) is 0 Å². The average molecular weight is 149 g/mol. The molecule has 0 aliphatic carbocycles. The van der Waals surface area contributed by atoms with Crippen molar-refractivity contribution in [1.82, 2.24) is 9.97 Å². The largest absolute Gasteiger partial charge is 0.291 e. The molecule has 0 bridgehead atoms. The summed E-state index contributed by atoms with van der Waals surface area (Å²) < 4.78 is 0. The van der Waals surface area contributed by atoms with Gasteiger partial charge in [-0.1, -0.05) is 0 Å². The Balaban J connectivity index is 2.33. The maximum Gasteiger partial charge on any atom is 0.198 e. The lowest BCUT2D eigenvalue weighted by atomic mass is 10.2. The second kappa shape index (κ2) is 4.55. The summed E-state index contributed by atoms with van der Waals surface area (Å²) in [5.41, 5.74) is 0. The van der Waals surface area contributed by atoms with Gasteiger partial charge in [-0.15, -0.1) is 0 Å². The van der Waals surface area contributed by atoms with Crippen LogP contribution in [0.25, 0.3) is 0 Å². The molecule has 1 rings (SSSR count). The molecule has 0 aliphatic heterocycles. The SMILES string of the molecule is O=[C]CCCc1ncccn1. The van der Waals surface area contributed by atoms with E-state index in [-0.39, 0.29) is 0 Å². The molecule has 1 radical (unpaired) electrons. The molecule has 3 heteroatoms. The molecule has 0 N–H and O–H groups in total. The quantitative estimate of drug-likeness (QED) is 0.597. The van der Waals surface area contributed by atoms with E-state index in [2.05, 4.69) is 9.97 Å². The van der Waals surface area contributed by atoms with Crippen LogP contribution in [-0.2, 0) is 11.2 Å². The molecule has 0 atom stereocenters. The molecule has 0 saturated carbocycles. The zero-order chi connectivity index (χ0) is 7.94. The molecular formula is C8H9N2O. The zero-order valence-corrected chi connectivity index (χ0v) is 6.16. The molecule has 11 heavy (non-hydrogen) atoms. The van der Waals surface area contributed by atoms with Gasteiger partial charge in [-0.2, -0.15) is 0 Å². The fraction of sp³-hybridized carbons (Fsp3) is 0.375. The van der Waals surface area contributed by atoms with Crippen LogP contribution in [0.5, 0.6) is 0 Å². The fourth-order valence-corrected chi connectivity index (χ4v) is 0.778. The maximum absolute atomic E-state index is 9.83. The van der Waals surface area contributed by atoms with Gasteiger partial charge in [0.15, 0.2) is 6.29 Å². The molecule has 1 aromatic rings. The summed E-state index contributed by atoms with van der Waals surface area (Å²) in [4.78, 5) is 17.8. The Hall–Kier alpha value is -1.25. The molecule has 0 fully saturated rings. The maximum atomic E-state index is 9.83. The lowest BCUT2D eigenvalue weighted by molar-refractivity contribution is 0.548. The van der Waals surface area contributed by atoms with Crippen LogP contribution in [-0.4, -0.2) is 16.3 Å². The summed E-state index contributed by atoms with van der Waals surface area (Å²) in [6, 6.07) is 1.77. The van der Waals surface area contributed by atoms with Gasteiger partial charge in [0.1, 0.15) is 5.82 Å². The van der Waals surface area contributed by atoms with Crippen LogP contribution < -0.4 is 0 Å². The average Bonchev–Trinajstić information content (AvgIpc) is 2.07. The van der Waals surface area contributed by atoms with E-state index in [1.165, 1.54) is 0 Å². The Morgan fingerprint density at radius 2 is 2.09 bits per heavy atom. The van der Waals surface area contributed by atoms with Crippen LogP contribution in [0.15, 0.2) is 18.5 Å². The van der Waals surface area contributed by atoms with Crippen molar-refractivity contribution in [2.24, 2.45) is 0 Å². The first-order valence-electron chi connectivity index (χ1n) is 3.54. The van der Waals surface area contributed by atoms with E-state index in [1.54, 1.807) is 18.5 Å². The van der Waals surface area contributed by atoms with Crippen molar-refractivity contribution in [2.75, 3.05) is 0 Å². The highest BCUT2D eigenvalue weighted by molar-refractivity contribution is 5.50.